The fourth-order valence-corrected chi connectivity index (χ4v) is 2.49. The third-order valence-corrected chi connectivity index (χ3v) is 3.63. The first-order valence-corrected chi connectivity index (χ1v) is 6.48. The van der Waals surface area contributed by atoms with Gasteiger partial charge in [0, 0.05) is 24.7 Å². The molecule has 0 unspecified atom stereocenters. The Labute approximate surface area is 102 Å². The van der Waals surface area contributed by atoms with Crippen molar-refractivity contribution >= 4 is 11.5 Å². The molecule has 1 fully saturated rings. The summed E-state index contributed by atoms with van der Waals surface area (Å²) in [4.78, 5) is 11.3. The van der Waals surface area contributed by atoms with Crippen molar-refractivity contribution in [1.82, 2.24) is 9.78 Å². The maximum absolute atomic E-state index is 11.3. The lowest BCUT2D eigenvalue weighted by molar-refractivity contribution is -0.121. The van der Waals surface area contributed by atoms with E-state index in [0.29, 0.717) is 17.7 Å². The van der Waals surface area contributed by atoms with Crippen molar-refractivity contribution in [3.05, 3.63) is 12.4 Å². The fraction of sp³-hybridized carbons (Fsp3) is 0.692. The summed E-state index contributed by atoms with van der Waals surface area (Å²) in [5.41, 5.74) is 1.10. The molecule has 1 aliphatic carbocycles. The molecule has 0 atom stereocenters. The van der Waals surface area contributed by atoms with Gasteiger partial charge in [0.15, 0.2) is 0 Å². The second kappa shape index (κ2) is 5.34. The highest BCUT2D eigenvalue weighted by Crippen LogP contribution is 2.26. The number of nitrogens with one attached hydrogen (secondary N) is 1. The van der Waals surface area contributed by atoms with Gasteiger partial charge in [-0.1, -0.05) is 0 Å². The van der Waals surface area contributed by atoms with Crippen molar-refractivity contribution in [3.8, 4) is 0 Å². The van der Waals surface area contributed by atoms with Crippen molar-refractivity contribution < 1.29 is 4.79 Å². The molecule has 1 saturated carbocycles. The third kappa shape index (κ3) is 3.08. The summed E-state index contributed by atoms with van der Waals surface area (Å²) in [6, 6.07) is 0.500. The van der Waals surface area contributed by atoms with Gasteiger partial charge in [0.25, 0.3) is 0 Å². The molecule has 0 amide bonds. The van der Waals surface area contributed by atoms with E-state index in [1.807, 2.05) is 17.1 Å². The Hall–Kier alpha value is -1.32. The summed E-state index contributed by atoms with van der Waals surface area (Å²) in [7, 11) is 0. The molecule has 1 N–H and O–H groups in total. The van der Waals surface area contributed by atoms with E-state index in [9.17, 15) is 4.79 Å². The number of aromatic nitrogens is 2. The number of ketones is 1. The Morgan fingerprint density at radius 3 is 2.71 bits per heavy atom. The minimum absolute atomic E-state index is 0.298. The molecule has 94 valence electrons. The molecular formula is C13H21N3O. The van der Waals surface area contributed by atoms with Crippen LogP contribution < -0.4 is 5.32 Å². The minimum Gasteiger partial charge on any atom is -0.380 e. The van der Waals surface area contributed by atoms with E-state index in [1.54, 1.807) is 6.92 Å². The van der Waals surface area contributed by atoms with Crippen LogP contribution >= 0.6 is 0 Å². The van der Waals surface area contributed by atoms with Gasteiger partial charge in [-0.3, -0.25) is 9.48 Å². The minimum atomic E-state index is 0.298. The number of hydrogen-bond donors (Lipinski definition) is 1. The van der Waals surface area contributed by atoms with Crippen molar-refractivity contribution in [2.45, 2.75) is 52.1 Å². The van der Waals surface area contributed by atoms with E-state index in [4.69, 9.17) is 0 Å². The van der Waals surface area contributed by atoms with Crippen LogP contribution in [0.3, 0.4) is 0 Å². The third-order valence-electron chi connectivity index (χ3n) is 3.63. The SMILES string of the molecule is CCn1cc(NC2CCC(C(C)=O)CC2)cn1. The Morgan fingerprint density at radius 1 is 1.47 bits per heavy atom. The second-order valence-electron chi connectivity index (χ2n) is 4.89. The smallest absolute Gasteiger partial charge is 0.132 e. The molecule has 0 saturated heterocycles. The molecule has 1 aliphatic rings. The predicted molar refractivity (Wildman–Crippen MR) is 68.0 cm³/mol. The van der Waals surface area contributed by atoms with Gasteiger partial charge < -0.3 is 5.32 Å². The van der Waals surface area contributed by atoms with E-state index in [-0.39, 0.29) is 0 Å². The van der Waals surface area contributed by atoms with Crippen molar-refractivity contribution in [2.24, 2.45) is 5.92 Å². The number of carbonyl (C=O) groups is 1. The number of rotatable bonds is 4. The highest BCUT2D eigenvalue weighted by molar-refractivity contribution is 5.78. The van der Waals surface area contributed by atoms with Crippen LogP contribution in [0.15, 0.2) is 12.4 Å². The van der Waals surface area contributed by atoms with Crippen LogP contribution in [0.5, 0.6) is 0 Å². The van der Waals surface area contributed by atoms with E-state index in [1.165, 1.54) is 0 Å². The monoisotopic (exact) mass is 235 g/mol. The lowest BCUT2D eigenvalue weighted by Gasteiger charge is -2.27. The molecule has 0 aliphatic heterocycles. The molecule has 0 aromatic carbocycles. The van der Waals surface area contributed by atoms with Crippen LogP contribution in [-0.4, -0.2) is 21.6 Å². The van der Waals surface area contributed by atoms with E-state index in [0.717, 1.165) is 37.9 Å². The molecule has 1 heterocycles. The van der Waals surface area contributed by atoms with E-state index >= 15 is 0 Å². The second-order valence-corrected chi connectivity index (χ2v) is 4.89. The summed E-state index contributed by atoms with van der Waals surface area (Å²) in [5.74, 6) is 0.647. The number of aryl methyl sites for hydroxylation is 1. The van der Waals surface area contributed by atoms with Gasteiger partial charge in [0.2, 0.25) is 0 Å². The van der Waals surface area contributed by atoms with Crippen molar-refractivity contribution in [2.75, 3.05) is 5.32 Å². The van der Waals surface area contributed by atoms with Crippen molar-refractivity contribution in [1.29, 1.82) is 0 Å². The molecular weight excluding hydrogens is 214 g/mol. The summed E-state index contributed by atoms with van der Waals surface area (Å²) in [6.07, 6.45) is 8.13. The standard InChI is InChI=1S/C13H21N3O/c1-3-16-9-13(8-14-16)15-12-6-4-11(5-7-12)10(2)17/h8-9,11-12,15H,3-7H2,1-2H3. The Kier molecular flexibility index (Phi) is 3.82. The van der Waals surface area contributed by atoms with Gasteiger partial charge in [-0.2, -0.15) is 5.10 Å². The van der Waals surface area contributed by atoms with Crippen LogP contribution in [0.25, 0.3) is 0 Å². The number of hydrogen-bond acceptors (Lipinski definition) is 3. The molecule has 4 heteroatoms. The first-order valence-electron chi connectivity index (χ1n) is 6.48. The first kappa shape index (κ1) is 12.1. The number of carbonyl (C=O) groups excluding carboxylic acids is 1. The van der Waals surface area contributed by atoms with Crippen LogP contribution in [0.2, 0.25) is 0 Å². The first-order chi connectivity index (χ1) is 8.19. The Morgan fingerprint density at radius 2 is 2.18 bits per heavy atom. The molecule has 4 nitrogen and oxygen atoms in total. The summed E-state index contributed by atoms with van der Waals surface area (Å²) in [5, 5.41) is 7.74. The van der Waals surface area contributed by atoms with Crippen LogP contribution in [0, 0.1) is 5.92 Å². The quantitative estimate of drug-likeness (QED) is 0.872. The normalized spacial score (nSPS) is 24.6. The highest BCUT2D eigenvalue weighted by atomic mass is 16.1. The lowest BCUT2D eigenvalue weighted by Crippen LogP contribution is -2.28. The van der Waals surface area contributed by atoms with Crippen LogP contribution in [-0.2, 0) is 11.3 Å². The van der Waals surface area contributed by atoms with Crippen LogP contribution in [0.4, 0.5) is 5.69 Å². The Balaban J connectivity index is 1.83. The molecule has 1 aromatic heterocycles. The molecule has 0 radical (unpaired) electrons. The molecule has 17 heavy (non-hydrogen) atoms. The molecule has 2 rings (SSSR count). The van der Waals surface area contributed by atoms with E-state index in [2.05, 4.69) is 17.3 Å². The maximum atomic E-state index is 11.3. The fourth-order valence-electron chi connectivity index (χ4n) is 2.49. The number of nitrogens with zero attached hydrogens (tertiary/aromatic N) is 2. The average molecular weight is 235 g/mol. The van der Waals surface area contributed by atoms with Gasteiger partial charge in [-0.25, -0.2) is 0 Å². The van der Waals surface area contributed by atoms with Gasteiger partial charge in [0.1, 0.15) is 5.78 Å². The van der Waals surface area contributed by atoms with Crippen LogP contribution in [0.1, 0.15) is 39.5 Å². The Bertz CT molecular complexity index is 378. The average Bonchev–Trinajstić information content (AvgIpc) is 2.77. The zero-order valence-corrected chi connectivity index (χ0v) is 10.6. The van der Waals surface area contributed by atoms with Gasteiger partial charge in [0.05, 0.1) is 11.9 Å². The number of anilines is 1. The van der Waals surface area contributed by atoms with Gasteiger partial charge in [-0.15, -0.1) is 0 Å². The largest absolute Gasteiger partial charge is 0.380 e. The maximum Gasteiger partial charge on any atom is 0.132 e. The van der Waals surface area contributed by atoms with Crippen molar-refractivity contribution in [3.63, 3.8) is 0 Å². The summed E-state index contributed by atoms with van der Waals surface area (Å²) in [6.45, 7) is 4.69. The molecule has 0 spiro atoms. The predicted octanol–water partition coefficient (Wildman–Crippen LogP) is 2.46. The van der Waals surface area contributed by atoms with E-state index < -0.39 is 0 Å². The molecule has 0 bridgehead atoms. The molecule has 1 aromatic rings. The highest BCUT2D eigenvalue weighted by Gasteiger charge is 2.23. The van der Waals surface area contributed by atoms with Gasteiger partial charge in [-0.05, 0) is 39.5 Å². The zero-order valence-electron chi connectivity index (χ0n) is 10.6. The lowest BCUT2D eigenvalue weighted by atomic mass is 9.84. The number of Topliss-reactive ketones (excluding diaryl/α,β-unsaturated/α-hetero) is 1. The van der Waals surface area contributed by atoms with Gasteiger partial charge >= 0.3 is 0 Å². The summed E-state index contributed by atoms with van der Waals surface area (Å²) < 4.78 is 1.92. The topological polar surface area (TPSA) is 46.9 Å². The summed E-state index contributed by atoms with van der Waals surface area (Å²) >= 11 is 0. The zero-order chi connectivity index (χ0) is 12.3.